The van der Waals surface area contributed by atoms with Crippen LogP contribution in [0.25, 0.3) is 0 Å². The fraction of sp³-hybridized carbons (Fsp3) is 0.571. The Labute approximate surface area is 115 Å². The van der Waals surface area contributed by atoms with Gasteiger partial charge in [-0.25, -0.2) is 4.99 Å². The lowest BCUT2D eigenvalue weighted by Crippen LogP contribution is -2.45. The van der Waals surface area contributed by atoms with E-state index in [1.807, 2.05) is 39.0 Å². The van der Waals surface area contributed by atoms with Gasteiger partial charge >= 0.3 is 0 Å². The van der Waals surface area contributed by atoms with Crippen LogP contribution in [-0.2, 0) is 11.3 Å². The zero-order chi connectivity index (χ0) is 14.1. The predicted molar refractivity (Wildman–Crippen MR) is 78.1 cm³/mol. The van der Waals surface area contributed by atoms with Gasteiger partial charge in [0.2, 0.25) is 0 Å². The second kappa shape index (κ2) is 7.74. The third-order valence-corrected chi connectivity index (χ3v) is 2.70. The number of nitrogens with one attached hydrogen (secondary N) is 2. The van der Waals surface area contributed by atoms with Crippen LogP contribution in [0.3, 0.4) is 0 Å². The van der Waals surface area contributed by atoms with Crippen LogP contribution in [0.5, 0.6) is 0 Å². The summed E-state index contributed by atoms with van der Waals surface area (Å²) in [5, 5.41) is 6.47. The summed E-state index contributed by atoms with van der Waals surface area (Å²) in [6.45, 7) is 8.17. The van der Waals surface area contributed by atoms with Crippen molar-refractivity contribution in [1.29, 1.82) is 0 Å². The van der Waals surface area contributed by atoms with E-state index in [-0.39, 0.29) is 5.60 Å². The molecule has 0 bridgehead atoms. The first-order valence-corrected chi connectivity index (χ1v) is 6.54. The maximum atomic E-state index is 5.37. The van der Waals surface area contributed by atoms with Gasteiger partial charge in [-0.3, -0.25) is 4.98 Å². The maximum Gasteiger partial charge on any atom is 0.191 e. The molecule has 1 aromatic rings. The Balaban J connectivity index is 2.56. The third kappa shape index (κ3) is 6.20. The van der Waals surface area contributed by atoms with Gasteiger partial charge in [-0.05, 0) is 32.9 Å². The third-order valence-electron chi connectivity index (χ3n) is 2.70. The van der Waals surface area contributed by atoms with Crippen LogP contribution in [0.15, 0.2) is 29.4 Å². The summed E-state index contributed by atoms with van der Waals surface area (Å²) in [6.07, 6.45) is 1.78. The predicted octanol–water partition coefficient (Wildman–Crippen LogP) is 1.56. The second-order valence-corrected chi connectivity index (χ2v) is 4.83. The van der Waals surface area contributed by atoms with Crippen molar-refractivity contribution < 1.29 is 4.74 Å². The molecule has 0 aliphatic rings. The van der Waals surface area contributed by atoms with Crippen molar-refractivity contribution in [3.05, 3.63) is 30.1 Å². The molecule has 5 heteroatoms. The summed E-state index contributed by atoms with van der Waals surface area (Å²) in [4.78, 5) is 8.75. The lowest BCUT2D eigenvalue weighted by Gasteiger charge is -2.24. The summed E-state index contributed by atoms with van der Waals surface area (Å²) >= 11 is 0. The monoisotopic (exact) mass is 264 g/mol. The van der Waals surface area contributed by atoms with E-state index in [0.29, 0.717) is 13.1 Å². The first-order chi connectivity index (χ1) is 9.07. The summed E-state index contributed by atoms with van der Waals surface area (Å²) < 4.78 is 5.37. The number of hydrogen-bond donors (Lipinski definition) is 2. The molecule has 0 amide bonds. The highest BCUT2D eigenvalue weighted by atomic mass is 16.5. The van der Waals surface area contributed by atoms with Crippen molar-refractivity contribution in [3.8, 4) is 0 Å². The van der Waals surface area contributed by atoms with Gasteiger partial charge in [-0.1, -0.05) is 6.07 Å². The summed E-state index contributed by atoms with van der Waals surface area (Å²) in [6, 6.07) is 5.83. The summed E-state index contributed by atoms with van der Waals surface area (Å²) in [7, 11) is 1.71. The fourth-order valence-corrected chi connectivity index (χ4v) is 1.36. The molecule has 0 saturated heterocycles. The molecule has 0 fully saturated rings. The van der Waals surface area contributed by atoms with E-state index in [1.54, 1.807) is 13.3 Å². The molecule has 1 aromatic heterocycles. The van der Waals surface area contributed by atoms with Gasteiger partial charge in [0.05, 0.1) is 17.8 Å². The number of ether oxygens (including phenoxy) is 1. The highest BCUT2D eigenvalue weighted by molar-refractivity contribution is 5.79. The Morgan fingerprint density at radius 2 is 2.16 bits per heavy atom. The standard InChI is InChI=1S/C14H24N4O/c1-5-15-13(18-11-14(2,3)19-4)17-10-12-8-6-7-9-16-12/h6-9H,5,10-11H2,1-4H3,(H2,15,17,18). The van der Waals surface area contributed by atoms with E-state index in [2.05, 4.69) is 20.6 Å². The number of aliphatic imine (C=N–C) groups is 1. The highest BCUT2D eigenvalue weighted by Crippen LogP contribution is 2.04. The first kappa shape index (κ1) is 15.4. The summed E-state index contributed by atoms with van der Waals surface area (Å²) in [5.41, 5.74) is 0.729. The lowest BCUT2D eigenvalue weighted by atomic mass is 10.1. The van der Waals surface area contributed by atoms with Gasteiger partial charge < -0.3 is 15.4 Å². The Kier molecular flexibility index (Phi) is 6.29. The molecule has 19 heavy (non-hydrogen) atoms. The van der Waals surface area contributed by atoms with Crippen LogP contribution in [0.4, 0.5) is 0 Å². The molecule has 0 spiro atoms. The smallest absolute Gasteiger partial charge is 0.191 e. The molecule has 0 saturated carbocycles. The minimum absolute atomic E-state index is 0.221. The molecule has 0 aliphatic heterocycles. The number of rotatable bonds is 6. The van der Waals surface area contributed by atoms with Gasteiger partial charge in [-0.2, -0.15) is 0 Å². The molecule has 0 unspecified atom stereocenters. The molecule has 0 aliphatic carbocycles. The molecule has 0 radical (unpaired) electrons. The summed E-state index contributed by atoms with van der Waals surface area (Å²) in [5.74, 6) is 0.776. The van der Waals surface area contributed by atoms with E-state index in [4.69, 9.17) is 4.74 Å². The average molecular weight is 264 g/mol. The normalized spacial score (nSPS) is 12.3. The van der Waals surface area contributed by atoms with Crippen molar-refractivity contribution in [2.75, 3.05) is 20.2 Å². The Morgan fingerprint density at radius 3 is 2.74 bits per heavy atom. The van der Waals surface area contributed by atoms with Gasteiger partial charge in [0.15, 0.2) is 5.96 Å². The van der Waals surface area contributed by atoms with Crippen molar-refractivity contribution >= 4 is 5.96 Å². The second-order valence-electron chi connectivity index (χ2n) is 4.83. The van der Waals surface area contributed by atoms with Gasteiger partial charge in [0, 0.05) is 26.4 Å². The molecular formula is C14H24N4O. The zero-order valence-corrected chi connectivity index (χ0v) is 12.2. The SMILES string of the molecule is CCNC(=NCc1ccccn1)NCC(C)(C)OC. The van der Waals surface area contributed by atoms with Crippen LogP contribution < -0.4 is 10.6 Å². The maximum absolute atomic E-state index is 5.37. The average Bonchev–Trinajstić information content (AvgIpc) is 2.43. The molecule has 2 N–H and O–H groups in total. The van der Waals surface area contributed by atoms with Gasteiger partial charge in [0.25, 0.3) is 0 Å². The minimum atomic E-state index is -0.221. The van der Waals surface area contributed by atoms with Gasteiger partial charge in [0.1, 0.15) is 0 Å². The molecular weight excluding hydrogens is 240 g/mol. The van der Waals surface area contributed by atoms with Crippen LogP contribution >= 0.6 is 0 Å². The molecule has 106 valence electrons. The van der Waals surface area contributed by atoms with Crippen molar-refractivity contribution in [1.82, 2.24) is 15.6 Å². The lowest BCUT2D eigenvalue weighted by molar-refractivity contribution is 0.0268. The molecule has 0 atom stereocenters. The number of nitrogens with zero attached hydrogens (tertiary/aromatic N) is 2. The van der Waals surface area contributed by atoms with E-state index in [9.17, 15) is 0 Å². The first-order valence-electron chi connectivity index (χ1n) is 6.54. The van der Waals surface area contributed by atoms with E-state index in [1.165, 1.54) is 0 Å². The Hall–Kier alpha value is -1.62. The largest absolute Gasteiger partial charge is 0.377 e. The molecule has 1 heterocycles. The van der Waals surface area contributed by atoms with E-state index < -0.39 is 0 Å². The van der Waals surface area contributed by atoms with Crippen LogP contribution in [0.1, 0.15) is 26.5 Å². The van der Waals surface area contributed by atoms with Gasteiger partial charge in [-0.15, -0.1) is 0 Å². The number of aromatic nitrogens is 1. The van der Waals surface area contributed by atoms with Crippen LogP contribution in [-0.4, -0.2) is 36.7 Å². The fourth-order valence-electron chi connectivity index (χ4n) is 1.36. The zero-order valence-electron chi connectivity index (χ0n) is 12.2. The molecule has 5 nitrogen and oxygen atoms in total. The topological polar surface area (TPSA) is 58.5 Å². The molecule has 1 rings (SSSR count). The highest BCUT2D eigenvalue weighted by Gasteiger charge is 2.16. The van der Waals surface area contributed by atoms with Crippen LogP contribution in [0, 0.1) is 0 Å². The number of methoxy groups -OCH3 is 1. The number of guanidine groups is 1. The van der Waals surface area contributed by atoms with Crippen molar-refractivity contribution in [2.45, 2.75) is 32.9 Å². The number of hydrogen-bond acceptors (Lipinski definition) is 3. The Bertz CT molecular complexity index is 390. The van der Waals surface area contributed by atoms with E-state index in [0.717, 1.165) is 18.2 Å². The molecule has 0 aromatic carbocycles. The number of pyridine rings is 1. The van der Waals surface area contributed by atoms with Crippen molar-refractivity contribution in [3.63, 3.8) is 0 Å². The quantitative estimate of drug-likeness (QED) is 0.605. The Morgan fingerprint density at radius 1 is 1.37 bits per heavy atom. The van der Waals surface area contributed by atoms with Crippen molar-refractivity contribution in [2.24, 2.45) is 4.99 Å². The van der Waals surface area contributed by atoms with E-state index >= 15 is 0 Å². The minimum Gasteiger partial charge on any atom is -0.377 e. The van der Waals surface area contributed by atoms with Crippen LogP contribution in [0.2, 0.25) is 0 Å².